The van der Waals surface area contributed by atoms with Gasteiger partial charge in [-0.2, -0.15) is 0 Å². The number of aromatic amines is 1. The lowest BCUT2D eigenvalue weighted by Crippen LogP contribution is -2.27. The average Bonchev–Trinajstić information content (AvgIpc) is 2.62. The number of hydrogen-bond acceptors (Lipinski definition) is 4. The van der Waals surface area contributed by atoms with Crippen molar-refractivity contribution < 1.29 is 18.8 Å². The Labute approximate surface area is 161 Å². The molecule has 2 atom stereocenters. The topological polar surface area (TPSA) is 96.5 Å². The number of nitrogens with one attached hydrogen (secondary N) is 1. The van der Waals surface area contributed by atoms with Crippen molar-refractivity contribution in [1.82, 2.24) is 4.98 Å². The molecule has 1 aromatic heterocycles. The van der Waals surface area contributed by atoms with Gasteiger partial charge in [-0.25, -0.2) is 0 Å². The van der Waals surface area contributed by atoms with E-state index in [-0.39, 0.29) is 23.4 Å². The summed E-state index contributed by atoms with van der Waals surface area (Å²) in [4.78, 5) is 26.5. The number of aromatic nitrogens is 1. The first kappa shape index (κ1) is 20.9. The van der Waals surface area contributed by atoms with Crippen molar-refractivity contribution in [1.29, 1.82) is 0 Å². The first-order chi connectivity index (χ1) is 12.9. The van der Waals surface area contributed by atoms with Gasteiger partial charge in [0.15, 0.2) is 5.75 Å². The maximum Gasteiger partial charge on any atom is 0.319 e. The van der Waals surface area contributed by atoms with Gasteiger partial charge < -0.3 is 14.8 Å². The van der Waals surface area contributed by atoms with Gasteiger partial charge in [0, 0.05) is 28.8 Å². The summed E-state index contributed by atoms with van der Waals surface area (Å²) in [5.41, 5.74) is 2.27. The molecule has 0 fully saturated rings. The van der Waals surface area contributed by atoms with Crippen molar-refractivity contribution in [3.8, 4) is 5.75 Å². The van der Waals surface area contributed by atoms with Crippen molar-refractivity contribution in [2.45, 2.75) is 44.1 Å². The maximum absolute atomic E-state index is 12.6. The molecule has 0 spiro atoms. The highest BCUT2D eigenvalue weighted by Crippen LogP contribution is 2.14. The highest BCUT2D eigenvalue weighted by molar-refractivity contribution is 7.85. The van der Waals surface area contributed by atoms with E-state index in [2.05, 4.69) is 4.98 Å². The summed E-state index contributed by atoms with van der Waals surface area (Å²) in [7, 11) is -1.65. The first-order valence-corrected chi connectivity index (χ1v) is 10.3. The van der Waals surface area contributed by atoms with Gasteiger partial charge in [-0.1, -0.05) is 36.8 Å². The van der Waals surface area contributed by atoms with Crippen molar-refractivity contribution in [2.75, 3.05) is 6.61 Å². The van der Waals surface area contributed by atoms with Crippen LogP contribution in [0.15, 0.2) is 41.3 Å². The van der Waals surface area contributed by atoms with Crippen LogP contribution in [0.3, 0.4) is 0 Å². The lowest BCUT2D eigenvalue weighted by Gasteiger charge is -2.13. The second-order valence-corrected chi connectivity index (χ2v) is 8.03. The Bertz CT molecular complexity index is 844. The molecule has 1 heterocycles. The summed E-state index contributed by atoms with van der Waals surface area (Å²) in [5, 5.41) is 8.46. The first-order valence-electron chi connectivity index (χ1n) is 8.90. The molecule has 0 saturated heterocycles. The molecular formula is C20H25NO5S. The maximum atomic E-state index is 12.6. The number of carboxylic acid groups (broad SMARTS) is 1. The van der Waals surface area contributed by atoms with Gasteiger partial charge in [-0.3, -0.25) is 13.8 Å². The monoisotopic (exact) mass is 391 g/mol. The fraction of sp³-hybridized carbons (Fsp3) is 0.400. The molecule has 0 radical (unpaired) electrons. The van der Waals surface area contributed by atoms with Crippen LogP contribution in [0.1, 0.15) is 36.6 Å². The molecule has 2 unspecified atom stereocenters. The number of aryl methyl sites for hydroxylation is 2. The molecule has 146 valence electrons. The van der Waals surface area contributed by atoms with E-state index in [4.69, 9.17) is 4.74 Å². The minimum absolute atomic E-state index is 0.0197. The lowest BCUT2D eigenvalue weighted by atomic mass is 10.1. The minimum atomic E-state index is -1.65. The van der Waals surface area contributed by atoms with Crippen LogP contribution in [0.4, 0.5) is 0 Å². The highest BCUT2D eigenvalue weighted by Gasteiger charge is 2.25. The summed E-state index contributed by atoms with van der Waals surface area (Å²) >= 11 is 0. The molecule has 7 heteroatoms. The van der Waals surface area contributed by atoms with Crippen molar-refractivity contribution >= 4 is 16.8 Å². The van der Waals surface area contributed by atoms with E-state index in [1.165, 1.54) is 12.3 Å². The van der Waals surface area contributed by atoms with Crippen LogP contribution in [-0.2, 0) is 27.8 Å². The summed E-state index contributed by atoms with van der Waals surface area (Å²) < 4.78 is 17.9. The summed E-state index contributed by atoms with van der Waals surface area (Å²) in [6, 6.07) is 9.15. The van der Waals surface area contributed by atoms with Gasteiger partial charge in [0.2, 0.25) is 5.43 Å². The van der Waals surface area contributed by atoms with Gasteiger partial charge in [0.25, 0.3) is 0 Å². The van der Waals surface area contributed by atoms with Gasteiger partial charge >= 0.3 is 5.97 Å². The van der Waals surface area contributed by atoms with Crippen LogP contribution < -0.4 is 10.2 Å². The van der Waals surface area contributed by atoms with E-state index >= 15 is 0 Å². The fourth-order valence-electron chi connectivity index (χ4n) is 2.58. The molecule has 0 bridgehead atoms. The van der Waals surface area contributed by atoms with Crippen LogP contribution in [0.25, 0.3) is 0 Å². The zero-order valence-electron chi connectivity index (χ0n) is 15.6. The lowest BCUT2D eigenvalue weighted by molar-refractivity contribution is -0.136. The standard InChI is InChI=1S/C20H25NO5S/c1-3-10-26-18-12-21-16(11-17(18)22)13-27(25)19(20(23)24)9-8-15-6-4-14(2)5-7-15/h4-7,11-12,19H,3,8-10,13H2,1-2H3,(H,21,22)(H,23,24). The van der Waals surface area contributed by atoms with Crippen LogP contribution in [0.5, 0.6) is 5.75 Å². The molecule has 6 nitrogen and oxygen atoms in total. The van der Waals surface area contributed by atoms with E-state index in [0.29, 0.717) is 18.7 Å². The number of H-pyrrole nitrogens is 1. The van der Waals surface area contributed by atoms with Crippen LogP contribution >= 0.6 is 0 Å². The van der Waals surface area contributed by atoms with Crippen molar-refractivity contribution in [2.24, 2.45) is 0 Å². The van der Waals surface area contributed by atoms with E-state index in [1.54, 1.807) is 0 Å². The van der Waals surface area contributed by atoms with Crippen molar-refractivity contribution in [3.05, 3.63) is 63.6 Å². The second kappa shape index (κ2) is 10.1. The molecule has 0 aliphatic carbocycles. The van der Waals surface area contributed by atoms with Gasteiger partial charge in [0.05, 0.1) is 12.4 Å². The van der Waals surface area contributed by atoms with Gasteiger partial charge in [0.1, 0.15) is 5.25 Å². The van der Waals surface area contributed by atoms with Crippen LogP contribution in [0.2, 0.25) is 0 Å². The summed E-state index contributed by atoms with van der Waals surface area (Å²) in [6.07, 6.45) is 3.02. The van der Waals surface area contributed by atoms with Gasteiger partial charge in [-0.05, 0) is 31.7 Å². The molecule has 0 aliphatic rings. The summed E-state index contributed by atoms with van der Waals surface area (Å²) in [5.74, 6) is -0.903. The Morgan fingerprint density at radius 1 is 1.30 bits per heavy atom. The number of carbonyl (C=O) groups is 1. The molecular weight excluding hydrogens is 366 g/mol. The van der Waals surface area contributed by atoms with Crippen molar-refractivity contribution in [3.63, 3.8) is 0 Å². The molecule has 0 saturated carbocycles. The Morgan fingerprint density at radius 2 is 2.00 bits per heavy atom. The van der Waals surface area contributed by atoms with E-state index < -0.39 is 22.0 Å². The predicted molar refractivity (Wildman–Crippen MR) is 106 cm³/mol. The average molecular weight is 391 g/mol. The molecule has 0 aliphatic heterocycles. The third-order valence-corrected chi connectivity index (χ3v) is 5.77. The van der Waals surface area contributed by atoms with E-state index in [1.807, 2.05) is 38.1 Å². The number of hydrogen-bond donors (Lipinski definition) is 2. The number of benzene rings is 1. The number of ether oxygens (including phenoxy) is 1. The van der Waals surface area contributed by atoms with E-state index in [9.17, 15) is 18.9 Å². The number of pyridine rings is 1. The quantitative estimate of drug-likeness (QED) is 0.649. The van der Waals surface area contributed by atoms with Crippen LogP contribution in [-0.4, -0.2) is 32.1 Å². The molecule has 0 amide bonds. The molecule has 1 aromatic carbocycles. The fourth-order valence-corrected chi connectivity index (χ4v) is 3.86. The largest absolute Gasteiger partial charge is 0.488 e. The number of rotatable bonds is 10. The molecule has 2 N–H and O–H groups in total. The summed E-state index contributed by atoms with van der Waals surface area (Å²) in [6.45, 7) is 4.36. The third kappa shape index (κ3) is 6.36. The van der Waals surface area contributed by atoms with E-state index in [0.717, 1.165) is 17.5 Å². The van der Waals surface area contributed by atoms with Gasteiger partial charge in [-0.15, -0.1) is 0 Å². The molecule has 2 rings (SSSR count). The Balaban J connectivity index is 2.02. The smallest absolute Gasteiger partial charge is 0.319 e. The number of carboxylic acids is 1. The Hall–Kier alpha value is -2.41. The zero-order valence-corrected chi connectivity index (χ0v) is 16.4. The zero-order chi connectivity index (χ0) is 19.8. The second-order valence-electron chi connectivity index (χ2n) is 6.41. The molecule has 27 heavy (non-hydrogen) atoms. The number of aliphatic carboxylic acids is 1. The molecule has 2 aromatic rings. The SMILES string of the molecule is CCCOc1c[nH]c(CS(=O)C(CCc2ccc(C)cc2)C(=O)O)cc1=O. The Morgan fingerprint density at radius 3 is 2.59 bits per heavy atom. The predicted octanol–water partition coefficient (Wildman–Crippen LogP) is 2.81. The van der Waals surface area contributed by atoms with Crippen LogP contribution in [0, 0.1) is 6.92 Å². The minimum Gasteiger partial charge on any atom is -0.488 e. The third-order valence-electron chi connectivity index (χ3n) is 4.10. The normalized spacial score (nSPS) is 13.1. The highest BCUT2D eigenvalue weighted by atomic mass is 32.2. The Kier molecular flexibility index (Phi) is 7.79.